The Balaban J connectivity index is 2.42. The van der Waals surface area contributed by atoms with Gasteiger partial charge in [0.2, 0.25) is 0 Å². The molecule has 1 N–H and O–H groups in total. The molecule has 0 fully saturated rings. The number of hydrogen-bond acceptors (Lipinski definition) is 3. The number of nitrogens with one attached hydrogen (secondary N) is 1. The van der Waals surface area contributed by atoms with E-state index >= 15 is 0 Å². The van der Waals surface area contributed by atoms with Crippen molar-refractivity contribution in [2.75, 3.05) is 0 Å². The second kappa shape index (κ2) is 7.71. The van der Waals surface area contributed by atoms with Crippen LogP contribution in [0.2, 0.25) is 5.02 Å². The normalized spacial score (nSPS) is 12.4. The molecule has 0 saturated heterocycles. The third kappa shape index (κ3) is 5.19. The Morgan fingerprint density at radius 3 is 2.78 bits per heavy atom. The molecule has 0 heterocycles. The second-order valence-corrected chi connectivity index (χ2v) is 4.23. The lowest BCUT2D eigenvalue weighted by Gasteiger charge is -2.12. The zero-order chi connectivity index (χ0) is 13.4. The zero-order valence-electron chi connectivity index (χ0n) is 10.5. The monoisotopic (exact) mass is 268 g/mol. The van der Waals surface area contributed by atoms with Crippen LogP contribution in [-0.4, -0.2) is 18.2 Å². The summed E-state index contributed by atoms with van der Waals surface area (Å²) in [6, 6.07) is 6.85. The third-order valence-electron chi connectivity index (χ3n) is 2.18. The number of carbonyl (C=O) groups is 1. The first-order valence-corrected chi connectivity index (χ1v) is 6.25. The van der Waals surface area contributed by atoms with Gasteiger partial charge >= 0.3 is 0 Å². The molecule has 1 unspecified atom stereocenters. The topological polar surface area (TPSA) is 50.7 Å². The molecule has 5 heteroatoms. The van der Waals surface area contributed by atoms with Crippen molar-refractivity contribution in [1.82, 2.24) is 5.43 Å². The van der Waals surface area contributed by atoms with Crippen LogP contribution in [0.1, 0.15) is 26.7 Å². The van der Waals surface area contributed by atoms with E-state index in [1.165, 1.54) is 0 Å². The Hall–Kier alpha value is -1.55. The van der Waals surface area contributed by atoms with Gasteiger partial charge < -0.3 is 4.74 Å². The average Bonchev–Trinajstić information content (AvgIpc) is 2.37. The molecule has 1 aromatic carbocycles. The van der Waals surface area contributed by atoms with Crippen LogP contribution in [0.25, 0.3) is 0 Å². The van der Waals surface area contributed by atoms with E-state index in [0.717, 1.165) is 12.8 Å². The number of rotatable bonds is 6. The predicted octanol–water partition coefficient (Wildman–Crippen LogP) is 3.01. The van der Waals surface area contributed by atoms with Crippen molar-refractivity contribution in [3.05, 3.63) is 29.3 Å². The maximum Gasteiger partial charge on any atom is 0.280 e. The molecule has 4 nitrogen and oxygen atoms in total. The Kier molecular flexibility index (Phi) is 6.22. The van der Waals surface area contributed by atoms with Crippen LogP contribution in [0.5, 0.6) is 5.75 Å². The predicted molar refractivity (Wildman–Crippen MR) is 73.1 cm³/mol. The van der Waals surface area contributed by atoms with Crippen molar-refractivity contribution >= 4 is 23.7 Å². The van der Waals surface area contributed by atoms with E-state index in [9.17, 15) is 4.79 Å². The van der Waals surface area contributed by atoms with Crippen LogP contribution < -0.4 is 10.2 Å². The van der Waals surface area contributed by atoms with E-state index in [0.29, 0.717) is 10.8 Å². The smallest absolute Gasteiger partial charge is 0.280 e. The van der Waals surface area contributed by atoms with Gasteiger partial charge in [-0.15, -0.1) is 0 Å². The van der Waals surface area contributed by atoms with Crippen LogP contribution >= 0.6 is 11.6 Å². The van der Waals surface area contributed by atoms with Crippen LogP contribution in [0.3, 0.4) is 0 Å². The highest BCUT2D eigenvalue weighted by atomic mass is 35.5. The molecule has 0 bridgehead atoms. The molecule has 18 heavy (non-hydrogen) atoms. The van der Waals surface area contributed by atoms with Crippen molar-refractivity contribution in [1.29, 1.82) is 0 Å². The van der Waals surface area contributed by atoms with Crippen molar-refractivity contribution in [3.8, 4) is 5.75 Å². The Bertz CT molecular complexity index is 404. The lowest BCUT2D eigenvalue weighted by atomic mass is 10.3. The largest absolute Gasteiger partial charge is 0.481 e. The van der Waals surface area contributed by atoms with E-state index in [2.05, 4.69) is 10.5 Å². The lowest BCUT2D eigenvalue weighted by Crippen LogP contribution is -2.33. The van der Waals surface area contributed by atoms with Crippen molar-refractivity contribution in [2.24, 2.45) is 5.10 Å². The number of ether oxygens (including phenoxy) is 1. The molecular formula is C13H17ClN2O2. The summed E-state index contributed by atoms with van der Waals surface area (Å²) in [4.78, 5) is 11.6. The first-order valence-electron chi connectivity index (χ1n) is 5.87. The maximum atomic E-state index is 11.6. The molecule has 0 aliphatic carbocycles. The highest BCUT2D eigenvalue weighted by molar-refractivity contribution is 6.30. The molecule has 1 amide bonds. The maximum absolute atomic E-state index is 11.6. The van der Waals surface area contributed by atoms with E-state index in [4.69, 9.17) is 16.3 Å². The van der Waals surface area contributed by atoms with Crippen LogP contribution in [0.15, 0.2) is 29.4 Å². The molecule has 98 valence electrons. The van der Waals surface area contributed by atoms with Crippen molar-refractivity contribution in [2.45, 2.75) is 32.8 Å². The fourth-order valence-corrected chi connectivity index (χ4v) is 1.29. The molecule has 0 aliphatic rings. The standard InChI is InChI=1S/C13H17ClN2O2/c1-3-4-9-15-16-13(17)10(2)18-12-7-5-11(14)6-8-12/h5-10H,3-4H2,1-2H3,(H,16,17). The number of halogens is 1. The van der Waals surface area contributed by atoms with Crippen LogP contribution in [0.4, 0.5) is 0 Å². The summed E-state index contributed by atoms with van der Waals surface area (Å²) < 4.78 is 5.44. The lowest BCUT2D eigenvalue weighted by molar-refractivity contribution is -0.127. The molecule has 0 aliphatic heterocycles. The summed E-state index contributed by atoms with van der Waals surface area (Å²) in [5, 5.41) is 4.44. The molecular weight excluding hydrogens is 252 g/mol. The van der Waals surface area contributed by atoms with E-state index in [1.807, 2.05) is 6.92 Å². The second-order valence-electron chi connectivity index (χ2n) is 3.79. The van der Waals surface area contributed by atoms with Crippen molar-refractivity contribution < 1.29 is 9.53 Å². The van der Waals surface area contributed by atoms with Gasteiger partial charge in [-0.05, 0) is 37.6 Å². The molecule has 0 radical (unpaired) electrons. The van der Waals surface area contributed by atoms with Gasteiger partial charge in [-0.1, -0.05) is 24.9 Å². The number of carbonyl (C=O) groups excluding carboxylic acids is 1. The van der Waals surface area contributed by atoms with Crippen molar-refractivity contribution in [3.63, 3.8) is 0 Å². The molecule has 1 atom stereocenters. The van der Waals surface area contributed by atoms with Gasteiger partial charge in [-0.2, -0.15) is 5.10 Å². The summed E-state index contributed by atoms with van der Waals surface area (Å²) >= 11 is 5.76. The highest BCUT2D eigenvalue weighted by Gasteiger charge is 2.13. The number of hydrazone groups is 1. The van der Waals surface area contributed by atoms with E-state index < -0.39 is 6.10 Å². The quantitative estimate of drug-likeness (QED) is 0.637. The minimum Gasteiger partial charge on any atom is -0.481 e. The number of hydrogen-bond donors (Lipinski definition) is 1. The van der Waals surface area contributed by atoms with Gasteiger partial charge in [0.1, 0.15) is 5.75 Å². The minimum absolute atomic E-state index is 0.280. The Morgan fingerprint density at radius 1 is 1.50 bits per heavy atom. The minimum atomic E-state index is -0.607. The highest BCUT2D eigenvalue weighted by Crippen LogP contribution is 2.16. The average molecular weight is 269 g/mol. The molecule has 0 saturated carbocycles. The first kappa shape index (κ1) is 14.5. The van der Waals surface area contributed by atoms with E-state index in [-0.39, 0.29) is 5.91 Å². The number of benzene rings is 1. The summed E-state index contributed by atoms with van der Waals surface area (Å²) in [7, 11) is 0. The van der Waals surface area contributed by atoms with Gasteiger partial charge in [-0.3, -0.25) is 4.79 Å². The molecule has 1 aromatic rings. The SMILES string of the molecule is CCCC=NNC(=O)C(C)Oc1ccc(Cl)cc1. The van der Waals surface area contributed by atoms with Gasteiger partial charge in [-0.25, -0.2) is 5.43 Å². The third-order valence-corrected chi connectivity index (χ3v) is 2.43. The molecule has 0 spiro atoms. The van der Waals surface area contributed by atoms with Gasteiger partial charge in [0.25, 0.3) is 5.91 Å². The zero-order valence-corrected chi connectivity index (χ0v) is 11.3. The molecule has 1 rings (SSSR count). The molecule has 0 aromatic heterocycles. The fraction of sp³-hybridized carbons (Fsp3) is 0.385. The van der Waals surface area contributed by atoms with Gasteiger partial charge in [0.05, 0.1) is 0 Å². The number of amides is 1. The fourth-order valence-electron chi connectivity index (χ4n) is 1.16. The Labute approximate surface area is 112 Å². The number of unbranched alkanes of at least 4 members (excludes halogenated alkanes) is 1. The first-order chi connectivity index (χ1) is 8.63. The van der Waals surface area contributed by atoms with Crippen LogP contribution in [0, 0.1) is 0 Å². The summed E-state index contributed by atoms with van der Waals surface area (Å²) in [5.41, 5.74) is 2.43. The van der Waals surface area contributed by atoms with Crippen LogP contribution in [-0.2, 0) is 4.79 Å². The number of nitrogens with zero attached hydrogens (tertiary/aromatic N) is 1. The summed E-state index contributed by atoms with van der Waals surface area (Å²) in [5.74, 6) is 0.317. The Morgan fingerprint density at radius 2 is 2.17 bits per heavy atom. The summed E-state index contributed by atoms with van der Waals surface area (Å²) in [6.07, 6.45) is 2.90. The van der Waals surface area contributed by atoms with Gasteiger partial charge in [0, 0.05) is 11.2 Å². The van der Waals surface area contributed by atoms with Gasteiger partial charge in [0.15, 0.2) is 6.10 Å². The van der Waals surface area contributed by atoms with E-state index in [1.54, 1.807) is 37.4 Å². The summed E-state index contributed by atoms with van der Waals surface area (Å²) in [6.45, 7) is 3.71.